The third-order valence-corrected chi connectivity index (χ3v) is 2.77. The lowest BCUT2D eigenvalue weighted by atomic mass is 10.0. The van der Waals surface area contributed by atoms with E-state index >= 15 is 0 Å². The molecule has 1 saturated heterocycles. The fourth-order valence-electron chi connectivity index (χ4n) is 0.496. The van der Waals surface area contributed by atoms with Crippen LogP contribution in [0.25, 0.3) is 0 Å². The summed E-state index contributed by atoms with van der Waals surface area (Å²) in [6, 6.07) is 0. The maximum absolute atomic E-state index is 10.1. The van der Waals surface area contributed by atoms with Crippen LogP contribution in [0.3, 0.4) is 0 Å². The molecular formula is C8H15NO2S. The largest absolute Gasteiger partial charge is 0.327 e. The van der Waals surface area contributed by atoms with Crippen molar-refractivity contribution in [2.75, 3.05) is 12.9 Å². The number of rotatable bonds is 0. The molecule has 3 nitrogen and oxygen atoms in total. The van der Waals surface area contributed by atoms with Gasteiger partial charge in [-0.2, -0.15) is 0 Å². The number of amides is 1. The molecule has 4 heteroatoms. The molecule has 0 bridgehead atoms. The first-order valence-electron chi connectivity index (χ1n) is 3.97. The molecule has 0 aromatic carbocycles. The summed E-state index contributed by atoms with van der Waals surface area (Å²) in [7, 11) is 1.79. The van der Waals surface area contributed by atoms with Crippen LogP contribution >= 0.6 is 11.8 Å². The van der Waals surface area contributed by atoms with E-state index in [-0.39, 0.29) is 5.24 Å². The smallest absolute Gasteiger partial charge is 0.283 e. The van der Waals surface area contributed by atoms with Crippen LogP contribution in [0.15, 0.2) is 0 Å². The van der Waals surface area contributed by atoms with Crippen LogP contribution in [0, 0.1) is 0 Å². The highest BCUT2D eigenvalue weighted by Gasteiger charge is 2.18. The zero-order valence-corrected chi connectivity index (χ0v) is 8.23. The van der Waals surface area contributed by atoms with Crippen molar-refractivity contribution < 1.29 is 9.59 Å². The van der Waals surface area contributed by atoms with Crippen molar-refractivity contribution in [3.05, 3.63) is 0 Å². The molecule has 2 fully saturated rings. The van der Waals surface area contributed by atoms with Crippen LogP contribution in [-0.4, -0.2) is 29.9 Å². The van der Waals surface area contributed by atoms with E-state index in [1.165, 1.54) is 37.4 Å². The Morgan fingerprint density at radius 1 is 1.25 bits per heavy atom. The maximum Gasteiger partial charge on any atom is 0.283 e. The monoisotopic (exact) mass is 189 g/mol. The number of carbonyl (C=O) groups excluding carboxylic acids is 2. The van der Waals surface area contributed by atoms with Crippen LogP contribution < -0.4 is 0 Å². The zero-order chi connectivity index (χ0) is 9.40. The normalized spacial score (nSPS) is 18.8. The Hall–Kier alpha value is -0.510. The quantitative estimate of drug-likeness (QED) is 0.585. The Balaban J connectivity index is 0.000000176. The first-order chi connectivity index (χ1) is 5.80. The highest BCUT2D eigenvalue weighted by molar-refractivity contribution is 8.15. The van der Waals surface area contributed by atoms with Gasteiger partial charge in [-0.05, 0) is 11.8 Å². The molecule has 1 heterocycles. The van der Waals surface area contributed by atoms with E-state index in [0.717, 1.165) is 5.88 Å². The highest BCUT2D eigenvalue weighted by atomic mass is 32.2. The van der Waals surface area contributed by atoms with Crippen molar-refractivity contribution in [3.8, 4) is 0 Å². The van der Waals surface area contributed by atoms with Gasteiger partial charge in [0.05, 0.1) is 5.88 Å². The standard InChI is InChI=1S/C4H8.C3H5NOS.CH2O/c1-2-4-3-1;1-4-2-6-3(4)5;1-2/h1-4H2;2H2,1H3;1H2. The van der Waals surface area contributed by atoms with Crippen LogP contribution in [0.5, 0.6) is 0 Å². The maximum atomic E-state index is 10.1. The molecule has 0 radical (unpaired) electrons. The SMILES string of the molecule is C1CCC1.C=O.CN1CSC1=O. The van der Waals surface area contributed by atoms with Gasteiger partial charge < -0.3 is 9.69 Å². The molecule has 0 spiro atoms. The van der Waals surface area contributed by atoms with Gasteiger partial charge in [0.15, 0.2) is 0 Å². The highest BCUT2D eigenvalue weighted by Crippen LogP contribution is 2.18. The lowest BCUT2D eigenvalue weighted by Crippen LogP contribution is -2.32. The van der Waals surface area contributed by atoms with E-state index < -0.39 is 0 Å². The van der Waals surface area contributed by atoms with E-state index in [1.54, 1.807) is 11.9 Å². The molecule has 0 aromatic heterocycles. The summed E-state index contributed by atoms with van der Waals surface area (Å²) >= 11 is 1.36. The minimum absolute atomic E-state index is 0.190. The second kappa shape index (κ2) is 7.16. The first-order valence-corrected chi connectivity index (χ1v) is 4.96. The molecule has 0 unspecified atom stereocenters. The van der Waals surface area contributed by atoms with E-state index in [2.05, 4.69) is 0 Å². The van der Waals surface area contributed by atoms with Gasteiger partial charge in [0, 0.05) is 7.05 Å². The molecule has 1 aliphatic heterocycles. The Labute approximate surface area is 77.5 Å². The van der Waals surface area contributed by atoms with Crippen LogP contribution in [0.2, 0.25) is 0 Å². The van der Waals surface area contributed by atoms with Crippen LogP contribution in [-0.2, 0) is 4.79 Å². The van der Waals surface area contributed by atoms with Crippen LogP contribution in [0.1, 0.15) is 25.7 Å². The molecule has 2 aliphatic rings. The first kappa shape index (κ1) is 11.5. The molecular weight excluding hydrogens is 174 g/mol. The van der Waals surface area contributed by atoms with Crippen molar-refractivity contribution in [1.82, 2.24) is 4.90 Å². The Kier molecular flexibility index (Phi) is 6.85. The molecule has 12 heavy (non-hydrogen) atoms. The van der Waals surface area contributed by atoms with E-state index in [0.29, 0.717) is 0 Å². The van der Waals surface area contributed by atoms with Crippen molar-refractivity contribution in [3.63, 3.8) is 0 Å². The van der Waals surface area contributed by atoms with Gasteiger partial charge in [-0.3, -0.25) is 4.79 Å². The number of carbonyl (C=O) groups is 2. The average molecular weight is 189 g/mol. The fraction of sp³-hybridized carbons (Fsp3) is 0.750. The summed E-state index contributed by atoms with van der Waals surface area (Å²) in [5, 5.41) is 0.190. The van der Waals surface area contributed by atoms with Crippen molar-refractivity contribution in [2.45, 2.75) is 25.7 Å². The average Bonchev–Trinajstić information content (AvgIpc) is 2.02. The van der Waals surface area contributed by atoms with Crippen molar-refractivity contribution in [2.24, 2.45) is 0 Å². The second-order valence-electron chi connectivity index (χ2n) is 2.65. The molecule has 2 rings (SSSR count). The molecule has 0 atom stereocenters. The minimum atomic E-state index is 0.190. The number of hydrogen-bond donors (Lipinski definition) is 0. The lowest BCUT2D eigenvalue weighted by molar-refractivity contribution is -0.0979. The third kappa shape index (κ3) is 4.38. The second-order valence-corrected chi connectivity index (χ2v) is 3.55. The van der Waals surface area contributed by atoms with E-state index in [9.17, 15) is 4.79 Å². The Bertz CT molecular complexity index is 133. The summed E-state index contributed by atoms with van der Waals surface area (Å²) < 4.78 is 0. The summed E-state index contributed by atoms with van der Waals surface area (Å²) in [5.41, 5.74) is 0. The molecule has 1 amide bonds. The van der Waals surface area contributed by atoms with Crippen molar-refractivity contribution in [1.29, 1.82) is 0 Å². The predicted octanol–water partition coefficient (Wildman–Crippen LogP) is 2.12. The zero-order valence-electron chi connectivity index (χ0n) is 7.41. The van der Waals surface area contributed by atoms with Gasteiger partial charge in [-0.15, -0.1) is 0 Å². The fourth-order valence-corrected chi connectivity index (χ4v) is 0.989. The predicted molar refractivity (Wildman–Crippen MR) is 51.2 cm³/mol. The molecule has 1 aliphatic carbocycles. The summed E-state index contributed by atoms with van der Waals surface area (Å²) in [6.07, 6.45) is 6.00. The number of thioether (sulfide) groups is 1. The lowest BCUT2D eigenvalue weighted by Gasteiger charge is -2.23. The Morgan fingerprint density at radius 2 is 1.58 bits per heavy atom. The van der Waals surface area contributed by atoms with E-state index in [4.69, 9.17) is 4.79 Å². The van der Waals surface area contributed by atoms with Gasteiger partial charge >= 0.3 is 0 Å². The summed E-state index contributed by atoms with van der Waals surface area (Å²) in [4.78, 5) is 19.8. The Morgan fingerprint density at radius 3 is 1.58 bits per heavy atom. The molecule has 0 aromatic rings. The molecule has 70 valence electrons. The van der Waals surface area contributed by atoms with Gasteiger partial charge in [-0.1, -0.05) is 25.7 Å². The van der Waals surface area contributed by atoms with Crippen molar-refractivity contribution >= 4 is 23.8 Å². The number of hydrogen-bond acceptors (Lipinski definition) is 3. The third-order valence-electron chi connectivity index (χ3n) is 1.69. The van der Waals surface area contributed by atoms with Gasteiger partial charge in [0.2, 0.25) is 0 Å². The van der Waals surface area contributed by atoms with Gasteiger partial charge in [0.25, 0.3) is 5.24 Å². The van der Waals surface area contributed by atoms with Gasteiger partial charge in [0.1, 0.15) is 6.79 Å². The summed E-state index contributed by atoms with van der Waals surface area (Å²) in [6.45, 7) is 2.00. The number of nitrogens with zero attached hydrogens (tertiary/aromatic N) is 1. The summed E-state index contributed by atoms with van der Waals surface area (Å²) in [5.74, 6) is 0.874. The van der Waals surface area contributed by atoms with Crippen LogP contribution in [0.4, 0.5) is 4.79 Å². The topological polar surface area (TPSA) is 37.4 Å². The van der Waals surface area contributed by atoms with E-state index in [1.807, 2.05) is 6.79 Å². The van der Waals surface area contributed by atoms with Gasteiger partial charge in [-0.25, -0.2) is 0 Å². The molecule has 1 saturated carbocycles. The minimum Gasteiger partial charge on any atom is -0.327 e. The molecule has 0 N–H and O–H groups in total.